The molecule has 0 aliphatic carbocycles. The third kappa shape index (κ3) is 5.28. The van der Waals surface area contributed by atoms with E-state index < -0.39 is 10.0 Å². The van der Waals surface area contributed by atoms with E-state index in [0.29, 0.717) is 28.6 Å². The van der Waals surface area contributed by atoms with E-state index in [1.165, 1.54) is 31.4 Å². The van der Waals surface area contributed by atoms with E-state index in [2.05, 4.69) is 10.0 Å². The Hall–Kier alpha value is -3.03. The normalized spacial score (nSPS) is 11.0. The van der Waals surface area contributed by atoms with Crippen molar-refractivity contribution in [2.24, 2.45) is 0 Å². The van der Waals surface area contributed by atoms with Crippen molar-refractivity contribution in [1.82, 2.24) is 5.32 Å². The van der Waals surface area contributed by atoms with Gasteiger partial charge in [0.2, 0.25) is 0 Å². The van der Waals surface area contributed by atoms with Crippen molar-refractivity contribution in [2.45, 2.75) is 11.4 Å². The molecule has 2 N–H and O–H groups in total. The molecule has 3 aromatic carbocycles. The second-order valence-electron chi connectivity index (χ2n) is 6.14. The highest BCUT2D eigenvalue weighted by molar-refractivity contribution is 7.92. The van der Waals surface area contributed by atoms with Crippen LogP contribution in [0.5, 0.6) is 5.75 Å². The van der Waals surface area contributed by atoms with Gasteiger partial charge in [-0.25, -0.2) is 8.42 Å². The van der Waals surface area contributed by atoms with Crippen molar-refractivity contribution < 1.29 is 17.9 Å². The van der Waals surface area contributed by atoms with Gasteiger partial charge >= 0.3 is 0 Å². The van der Waals surface area contributed by atoms with Gasteiger partial charge in [-0.2, -0.15) is 0 Å². The molecule has 0 spiro atoms. The fourth-order valence-electron chi connectivity index (χ4n) is 2.60. The van der Waals surface area contributed by atoms with Crippen LogP contribution in [0.2, 0.25) is 5.02 Å². The molecule has 0 saturated carbocycles. The summed E-state index contributed by atoms with van der Waals surface area (Å²) in [6.45, 7) is 0.339. The molecular formula is C21H19ClN2O4S. The summed E-state index contributed by atoms with van der Waals surface area (Å²) in [6.07, 6.45) is 0. The van der Waals surface area contributed by atoms with Crippen LogP contribution in [0.3, 0.4) is 0 Å². The summed E-state index contributed by atoms with van der Waals surface area (Å²) in [4.78, 5) is 12.3. The van der Waals surface area contributed by atoms with Crippen LogP contribution in [-0.2, 0) is 16.6 Å². The first-order chi connectivity index (χ1) is 13.9. The molecule has 6 nitrogen and oxygen atoms in total. The Labute approximate surface area is 174 Å². The van der Waals surface area contributed by atoms with Crippen LogP contribution in [0.25, 0.3) is 0 Å². The summed E-state index contributed by atoms with van der Waals surface area (Å²) in [6, 6.07) is 19.5. The molecule has 0 heterocycles. The quantitative estimate of drug-likeness (QED) is 0.591. The molecule has 3 aromatic rings. The van der Waals surface area contributed by atoms with Crippen molar-refractivity contribution in [3.63, 3.8) is 0 Å². The van der Waals surface area contributed by atoms with E-state index in [1.54, 1.807) is 36.4 Å². The zero-order valence-electron chi connectivity index (χ0n) is 15.6. The van der Waals surface area contributed by atoms with Crippen LogP contribution < -0.4 is 14.8 Å². The summed E-state index contributed by atoms with van der Waals surface area (Å²) in [7, 11) is -2.36. The Balaban J connectivity index is 1.68. The molecule has 0 aliphatic heterocycles. The number of hydrogen-bond acceptors (Lipinski definition) is 4. The van der Waals surface area contributed by atoms with E-state index in [9.17, 15) is 13.2 Å². The molecule has 0 bridgehead atoms. The van der Waals surface area contributed by atoms with Crippen LogP contribution in [-0.4, -0.2) is 21.4 Å². The van der Waals surface area contributed by atoms with Gasteiger partial charge in [-0.05, 0) is 54.1 Å². The summed E-state index contributed by atoms with van der Waals surface area (Å²) >= 11 is 5.84. The minimum absolute atomic E-state index is 0.0395. The topological polar surface area (TPSA) is 84.5 Å². The highest BCUT2D eigenvalue weighted by Gasteiger charge is 2.17. The minimum Gasteiger partial charge on any atom is -0.495 e. The van der Waals surface area contributed by atoms with Crippen LogP contribution >= 0.6 is 11.6 Å². The molecule has 150 valence electrons. The third-order valence-corrected chi connectivity index (χ3v) is 5.78. The van der Waals surface area contributed by atoms with Crippen LogP contribution in [0.15, 0.2) is 77.7 Å². The lowest BCUT2D eigenvalue weighted by molar-refractivity contribution is 0.0951. The molecule has 0 fully saturated rings. The van der Waals surface area contributed by atoms with Gasteiger partial charge in [0.25, 0.3) is 15.9 Å². The SMILES string of the molecule is COc1ccccc1NS(=O)(=O)c1ccc(C(=O)NCc2ccc(Cl)cc2)cc1. The van der Waals surface area contributed by atoms with Crippen LogP contribution in [0, 0.1) is 0 Å². The fraction of sp³-hybridized carbons (Fsp3) is 0.0952. The molecule has 0 aliphatic rings. The molecule has 0 aromatic heterocycles. The van der Waals surface area contributed by atoms with Gasteiger partial charge in [-0.1, -0.05) is 35.9 Å². The van der Waals surface area contributed by atoms with E-state index in [4.69, 9.17) is 16.3 Å². The van der Waals surface area contributed by atoms with E-state index in [-0.39, 0.29) is 10.8 Å². The Morgan fingerprint density at radius 2 is 1.62 bits per heavy atom. The van der Waals surface area contributed by atoms with E-state index in [1.807, 2.05) is 12.1 Å². The Morgan fingerprint density at radius 1 is 0.966 bits per heavy atom. The number of ether oxygens (including phenoxy) is 1. The van der Waals surface area contributed by atoms with Crippen molar-refractivity contribution in [1.29, 1.82) is 0 Å². The molecule has 3 rings (SSSR count). The van der Waals surface area contributed by atoms with Gasteiger partial charge < -0.3 is 10.1 Å². The molecule has 0 unspecified atom stereocenters. The number of carbonyl (C=O) groups is 1. The molecule has 1 amide bonds. The summed E-state index contributed by atoms with van der Waals surface area (Å²) in [5, 5.41) is 3.41. The smallest absolute Gasteiger partial charge is 0.262 e. The first kappa shape index (κ1) is 20.7. The number of halogens is 1. The molecule has 0 radical (unpaired) electrons. The second-order valence-corrected chi connectivity index (χ2v) is 8.26. The Morgan fingerprint density at radius 3 is 2.28 bits per heavy atom. The first-order valence-corrected chi connectivity index (χ1v) is 10.5. The van der Waals surface area contributed by atoms with Crippen molar-refractivity contribution in [2.75, 3.05) is 11.8 Å². The average molecular weight is 431 g/mol. The minimum atomic E-state index is -3.82. The number of anilines is 1. The van der Waals surface area contributed by atoms with Gasteiger partial charge in [-0.15, -0.1) is 0 Å². The number of hydrogen-bond donors (Lipinski definition) is 2. The summed E-state index contributed by atoms with van der Waals surface area (Å²) < 4.78 is 32.9. The highest BCUT2D eigenvalue weighted by atomic mass is 35.5. The predicted octanol–water partition coefficient (Wildman–Crippen LogP) is 4.08. The largest absolute Gasteiger partial charge is 0.495 e. The highest BCUT2D eigenvalue weighted by Crippen LogP contribution is 2.26. The number of carbonyl (C=O) groups excluding carboxylic acids is 1. The molecule has 0 saturated heterocycles. The van der Waals surface area contributed by atoms with Crippen LogP contribution in [0.1, 0.15) is 15.9 Å². The number of rotatable bonds is 7. The van der Waals surface area contributed by atoms with Gasteiger partial charge in [0.15, 0.2) is 0 Å². The average Bonchev–Trinajstić information content (AvgIpc) is 2.73. The maximum absolute atomic E-state index is 12.6. The van der Waals surface area contributed by atoms with Crippen molar-refractivity contribution in [3.05, 3.63) is 88.9 Å². The van der Waals surface area contributed by atoms with Crippen molar-refractivity contribution >= 4 is 33.2 Å². The Kier molecular flexibility index (Phi) is 6.41. The lowest BCUT2D eigenvalue weighted by atomic mass is 10.2. The van der Waals surface area contributed by atoms with Gasteiger partial charge in [0.05, 0.1) is 17.7 Å². The zero-order chi connectivity index (χ0) is 20.9. The predicted molar refractivity (Wildman–Crippen MR) is 113 cm³/mol. The fourth-order valence-corrected chi connectivity index (χ4v) is 3.80. The van der Waals surface area contributed by atoms with Gasteiger partial charge in [0, 0.05) is 17.1 Å². The van der Waals surface area contributed by atoms with Gasteiger partial charge in [0.1, 0.15) is 5.75 Å². The summed E-state index contributed by atoms with van der Waals surface area (Å²) in [5.41, 5.74) is 1.60. The number of nitrogens with one attached hydrogen (secondary N) is 2. The van der Waals surface area contributed by atoms with Crippen LogP contribution in [0.4, 0.5) is 5.69 Å². The lowest BCUT2D eigenvalue weighted by Crippen LogP contribution is -2.23. The van der Waals surface area contributed by atoms with Crippen molar-refractivity contribution in [3.8, 4) is 5.75 Å². The second kappa shape index (κ2) is 8.98. The maximum atomic E-state index is 12.6. The number of benzene rings is 3. The maximum Gasteiger partial charge on any atom is 0.262 e. The van der Waals surface area contributed by atoms with E-state index >= 15 is 0 Å². The number of methoxy groups -OCH3 is 1. The number of para-hydroxylation sites is 2. The lowest BCUT2D eigenvalue weighted by Gasteiger charge is -2.12. The van der Waals surface area contributed by atoms with E-state index in [0.717, 1.165) is 5.56 Å². The third-order valence-electron chi connectivity index (χ3n) is 4.14. The molecular weight excluding hydrogens is 412 g/mol. The standard InChI is InChI=1S/C21H19ClN2O4S/c1-28-20-5-3-2-4-19(20)24-29(26,27)18-12-8-16(9-13-18)21(25)23-14-15-6-10-17(22)11-7-15/h2-13,24H,14H2,1H3,(H,23,25). The summed E-state index contributed by atoms with van der Waals surface area (Å²) in [5.74, 6) is 0.107. The number of amides is 1. The molecule has 29 heavy (non-hydrogen) atoms. The zero-order valence-corrected chi connectivity index (χ0v) is 17.1. The van der Waals surface area contributed by atoms with Gasteiger partial charge in [-0.3, -0.25) is 9.52 Å². The molecule has 0 atom stereocenters. The first-order valence-electron chi connectivity index (χ1n) is 8.67. The Bertz CT molecular complexity index is 1100. The molecule has 8 heteroatoms. The number of sulfonamides is 1. The monoisotopic (exact) mass is 430 g/mol.